The van der Waals surface area contributed by atoms with Gasteiger partial charge in [0, 0.05) is 29.0 Å². The minimum Gasteiger partial charge on any atom is -0.509 e. The molecule has 0 amide bonds. The lowest BCUT2D eigenvalue weighted by Gasteiger charge is -2.20. The maximum atomic E-state index is 10.4. The predicted octanol–water partition coefficient (Wildman–Crippen LogP) is 3.41. The van der Waals surface area contributed by atoms with Crippen molar-refractivity contribution in [3.63, 3.8) is 0 Å². The SMILES string of the molecule is COc1cc(OC)cc(N2CC(O)=C(c3nc4cscc4[nH]3)C2=N)c1. The molecule has 3 aromatic rings. The predicted molar refractivity (Wildman–Crippen MR) is 98.1 cm³/mol. The molecule has 128 valence electrons. The first-order chi connectivity index (χ1) is 12.1. The third-order valence-electron chi connectivity index (χ3n) is 4.11. The Hall–Kier alpha value is -3.00. The summed E-state index contributed by atoms with van der Waals surface area (Å²) in [5.74, 6) is 2.01. The molecule has 7 nitrogen and oxygen atoms in total. The second kappa shape index (κ2) is 5.82. The number of amidine groups is 1. The van der Waals surface area contributed by atoms with Crippen molar-refractivity contribution in [2.24, 2.45) is 0 Å². The van der Waals surface area contributed by atoms with Crippen LogP contribution in [0.2, 0.25) is 0 Å². The standard InChI is InChI=1S/C17H16N4O3S/c1-23-10-3-9(4-11(5-10)24-2)21-6-14(22)15(16(21)18)17-19-12-7-25-8-13(12)20-17/h3-5,7-8,18,22H,6H2,1-2H3,(H,19,20). The Morgan fingerprint density at radius 1 is 1.20 bits per heavy atom. The van der Waals surface area contributed by atoms with Gasteiger partial charge in [-0.15, -0.1) is 11.3 Å². The highest BCUT2D eigenvalue weighted by Gasteiger charge is 2.31. The summed E-state index contributed by atoms with van der Waals surface area (Å²) in [5, 5.41) is 22.8. The number of methoxy groups -OCH3 is 2. The molecule has 1 aliphatic rings. The number of hydrogen-bond donors (Lipinski definition) is 3. The number of aromatic amines is 1. The van der Waals surface area contributed by atoms with Crippen molar-refractivity contribution in [2.45, 2.75) is 0 Å². The fourth-order valence-electron chi connectivity index (χ4n) is 2.86. The highest BCUT2D eigenvalue weighted by atomic mass is 32.1. The van der Waals surface area contributed by atoms with E-state index in [1.54, 1.807) is 48.7 Å². The molecule has 0 saturated heterocycles. The molecule has 2 aromatic heterocycles. The van der Waals surface area contributed by atoms with Crippen LogP contribution in [0, 0.1) is 5.41 Å². The molecule has 3 N–H and O–H groups in total. The van der Waals surface area contributed by atoms with Gasteiger partial charge in [0.1, 0.15) is 28.9 Å². The molecule has 1 aromatic carbocycles. The third kappa shape index (κ3) is 2.51. The number of H-pyrrole nitrogens is 1. The number of rotatable bonds is 4. The zero-order chi connectivity index (χ0) is 17.6. The van der Waals surface area contributed by atoms with Gasteiger partial charge in [-0.25, -0.2) is 4.98 Å². The van der Waals surface area contributed by atoms with Gasteiger partial charge in [-0.1, -0.05) is 0 Å². The van der Waals surface area contributed by atoms with Crippen molar-refractivity contribution in [3.8, 4) is 11.5 Å². The van der Waals surface area contributed by atoms with Crippen LogP contribution >= 0.6 is 11.3 Å². The summed E-state index contributed by atoms with van der Waals surface area (Å²) >= 11 is 1.55. The molecule has 0 bridgehead atoms. The lowest BCUT2D eigenvalue weighted by molar-refractivity contribution is 0.394. The summed E-state index contributed by atoms with van der Waals surface area (Å²) in [5.41, 5.74) is 2.84. The highest BCUT2D eigenvalue weighted by Crippen LogP contribution is 2.35. The minimum absolute atomic E-state index is 0.104. The first kappa shape index (κ1) is 15.5. The summed E-state index contributed by atoms with van der Waals surface area (Å²) < 4.78 is 10.6. The van der Waals surface area contributed by atoms with Crippen LogP contribution in [0.15, 0.2) is 34.7 Å². The molecule has 0 aliphatic carbocycles. The van der Waals surface area contributed by atoms with Crippen LogP contribution in [0.3, 0.4) is 0 Å². The van der Waals surface area contributed by atoms with Gasteiger partial charge in [-0.2, -0.15) is 0 Å². The molecule has 4 rings (SSSR count). The molecular formula is C17H16N4O3S. The minimum atomic E-state index is 0.104. The fraction of sp³-hybridized carbons (Fsp3) is 0.176. The number of ether oxygens (including phenoxy) is 2. The topological polar surface area (TPSA) is 94.5 Å². The largest absolute Gasteiger partial charge is 0.509 e. The van der Waals surface area contributed by atoms with E-state index in [0.717, 1.165) is 11.0 Å². The Labute approximate surface area is 147 Å². The monoisotopic (exact) mass is 356 g/mol. The van der Waals surface area contributed by atoms with Crippen LogP contribution in [-0.2, 0) is 0 Å². The van der Waals surface area contributed by atoms with Gasteiger partial charge < -0.3 is 24.5 Å². The van der Waals surface area contributed by atoms with E-state index >= 15 is 0 Å². The molecule has 8 heteroatoms. The number of aromatic nitrogens is 2. The van der Waals surface area contributed by atoms with Gasteiger partial charge in [-0.05, 0) is 0 Å². The number of nitrogens with zero attached hydrogens (tertiary/aromatic N) is 2. The maximum Gasteiger partial charge on any atom is 0.145 e. The van der Waals surface area contributed by atoms with Gasteiger partial charge >= 0.3 is 0 Å². The molecule has 0 atom stereocenters. The van der Waals surface area contributed by atoms with E-state index in [4.69, 9.17) is 14.9 Å². The highest BCUT2D eigenvalue weighted by molar-refractivity contribution is 7.09. The quantitative estimate of drug-likeness (QED) is 0.666. The van der Waals surface area contributed by atoms with Gasteiger partial charge in [0.25, 0.3) is 0 Å². The number of hydrogen-bond acceptors (Lipinski definition) is 6. The van der Waals surface area contributed by atoms with Crippen LogP contribution in [0.1, 0.15) is 5.82 Å². The van der Waals surface area contributed by atoms with Crippen LogP contribution in [0.4, 0.5) is 5.69 Å². The number of anilines is 1. The number of nitrogens with one attached hydrogen (secondary N) is 2. The number of fused-ring (bicyclic) bond motifs is 1. The van der Waals surface area contributed by atoms with Gasteiger partial charge in [0.2, 0.25) is 0 Å². The molecule has 0 saturated carbocycles. The van der Waals surface area contributed by atoms with Gasteiger partial charge in [-0.3, -0.25) is 5.41 Å². The molecule has 0 radical (unpaired) electrons. The van der Waals surface area contributed by atoms with Crippen molar-refractivity contribution in [1.29, 1.82) is 5.41 Å². The second-order valence-electron chi connectivity index (χ2n) is 5.58. The maximum absolute atomic E-state index is 10.4. The number of benzene rings is 1. The van der Waals surface area contributed by atoms with Crippen LogP contribution in [0.5, 0.6) is 11.5 Å². The lowest BCUT2D eigenvalue weighted by atomic mass is 10.2. The van der Waals surface area contributed by atoms with Gasteiger partial charge in [0.05, 0.1) is 43.1 Å². The van der Waals surface area contributed by atoms with E-state index in [9.17, 15) is 5.11 Å². The van der Waals surface area contributed by atoms with Crippen LogP contribution in [0.25, 0.3) is 16.6 Å². The van der Waals surface area contributed by atoms with E-state index in [1.807, 2.05) is 10.8 Å². The average Bonchev–Trinajstić information content (AvgIpc) is 3.27. The second-order valence-corrected chi connectivity index (χ2v) is 6.33. The Bertz CT molecular complexity index is 954. The summed E-state index contributed by atoms with van der Waals surface area (Å²) in [4.78, 5) is 9.32. The Balaban J connectivity index is 1.71. The van der Waals surface area contributed by atoms with E-state index in [-0.39, 0.29) is 18.1 Å². The fourth-order valence-corrected chi connectivity index (χ4v) is 3.55. The Morgan fingerprint density at radius 3 is 2.56 bits per heavy atom. The van der Waals surface area contributed by atoms with E-state index in [1.165, 1.54) is 0 Å². The lowest BCUT2D eigenvalue weighted by Crippen LogP contribution is -2.26. The van der Waals surface area contributed by atoms with Crippen molar-refractivity contribution >= 4 is 39.5 Å². The first-order valence-corrected chi connectivity index (χ1v) is 8.49. The summed E-state index contributed by atoms with van der Waals surface area (Å²) in [6, 6.07) is 5.36. The molecule has 25 heavy (non-hydrogen) atoms. The normalized spacial score (nSPS) is 14.6. The molecule has 3 heterocycles. The zero-order valence-corrected chi connectivity index (χ0v) is 14.5. The van der Waals surface area contributed by atoms with Crippen molar-refractivity contribution < 1.29 is 14.6 Å². The van der Waals surface area contributed by atoms with Gasteiger partial charge in [0.15, 0.2) is 0 Å². The Kier molecular flexibility index (Phi) is 3.61. The zero-order valence-electron chi connectivity index (χ0n) is 13.7. The summed E-state index contributed by atoms with van der Waals surface area (Å²) in [6.45, 7) is 0.192. The average molecular weight is 356 g/mol. The van der Waals surface area contributed by atoms with E-state index < -0.39 is 0 Å². The smallest absolute Gasteiger partial charge is 0.145 e. The molecular weight excluding hydrogens is 340 g/mol. The van der Waals surface area contributed by atoms with Crippen molar-refractivity contribution in [3.05, 3.63) is 40.5 Å². The number of aliphatic hydroxyl groups excluding tert-OH is 1. The van der Waals surface area contributed by atoms with Crippen LogP contribution in [-0.4, -0.2) is 41.7 Å². The first-order valence-electron chi connectivity index (χ1n) is 7.54. The molecule has 0 spiro atoms. The van der Waals surface area contributed by atoms with Crippen molar-refractivity contribution in [2.75, 3.05) is 25.7 Å². The van der Waals surface area contributed by atoms with E-state index in [2.05, 4.69) is 9.97 Å². The molecule has 0 unspecified atom stereocenters. The van der Waals surface area contributed by atoms with E-state index in [0.29, 0.717) is 28.6 Å². The van der Waals surface area contributed by atoms with Crippen LogP contribution < -0.4 is 14.4 Å². The summed E-state index contributed by atoms with van der Waals surface area (Å²) in [6.07, 6.45) is 0. The van der Waals surface area contributed by atoms with Crippen molar-refractivity contribution in [1.82, 2.24) is 9.97 Å². The number of aliphatic hydroxyl groups is 1. The Morgan fingerprint density at radius 2 is 1.92 bits per heavy atom. The summed E-state index contributed by atoms with van der Waals surface area (Å²) in [7, 11) is 3.15. The third-order valence-corrected chi connectivity index (χ3v) is 4.85. The number of imidazole rings is 1. The molecule has 0 fully saturated rings. The molecule has 1 aliphatic heterocycles. The number of thiophene rings is 1.